The van der Waals surface area contributed by atoms with Crippen LogP contribution in [0.1, 0.15) is 17.4 Å². The third-order valence-electron chi connectivity index (χ3n) is 3.48. The zero-order chi connectivity index (χ0) is 16.9. The molecule has 124 valence electrons. The van der Waals surface area contributed by atoms with Crippen LogP contribution in [0.4, 0.5) is 4.79 Å². The largest absolute Gasteiger partial charge is 0.445 e. The van der Waals surface area contributed by atoms with Crippen molar-refractivity contribution in [3.05, 3.63) is 64.4 Å². The van der Waals surface area contributed by atoms with E-state index in [1.807, 2.05) is 48.5 Å². The van der Waals surface area contributed by atoms with Crippen LogP contribution in [0.25, 0.3) is 11.0 Å². The van der Waals surface area contributed by atoms with E-state index in [0.717, 1.165) is 21.1 Å². The van der Waals surface area contributed by atoms with Gasteiger partial charge in [0.05, 0.1) is 17.6 Å². The van der Waals surface area contributed by atoms with Crippen LogP contribution in [0, 0.1) is 0 Å². The van der Waals surface area contributed by atoms with Gasteiger partial charge < -0.3 is 20.1 Å². The smallest absolute Gasteiger partial charge is 0.408 e. The lowest BCUT2D eigenvalue weighted by Crippen LogP contribution is -2.32. The number of aromatic amines is 1. The molecule has 0 aliphatic heterocycles. The Kier molecular flexibility index (Phi) is 5.12. The number of carbonyl (C=O) groups is 1. The minimum absolute atomic E-state index is 0.165. The molecule has 3 rings (SSSR count). The van der Waals surface area contributed by atoms with Crippen LogP contribution < -0.4 is 5.32 Å². The molecular formula is C17H16BrN3O3. The fourth-order valence-corrected chi connectivity index (χ4v) is 2.64. The highest BCUT2D eigenvalue weighted by molar-refractivity contribution is 9.10. The Labute approximate surface area is 147 Å². The summed E-state index contributed by atoms with van der Waals surface area (Å²) in [5.41, 5.74) is 2.46. The Balaban J connectivity index is 1.65. The summed E-state index contributed by atoms with van der Waals surface area (Å²) < 4.78 is 6.08. The van der Waals surface area contributed by atoms with E-state index >= 15 is 0 Å². The van der Waals surface area contributed by atoms with Gasteiger partial charge in [0.25, 0.3) is 0 Å². The average Bonchev–Trinajstić information content (AvgIpc) is 3.01. The number of alkyl carbamates (subject to hydrolysis) is 1. The normalized spacial score (nSPS) is 12.1. The first kappa shape index (κ1) is 16.5. The zero-order valence-corrected chi connectivity index (χ0v) is 14.3. The summed E-state index contributed by atoms with van der Waals surface area (Å²) in [5.74, 6) is 0.474. The quantitative estimate of drug-likeness (QED) is 0.624. The molecule has 0 fully saturated rings. The number of amides is 1. The molecule has 1 amide bonds. The summed E-state index contributed by atoms with van der Waals surface area (Å²) >= 11 is 3.39. The Morgan fingerprint density at radius 3 is 2.83 bits per heavy atom. The summed E-state index contributed by atoms with van der Waals surface area (Å²) in [6, 6.07) is 14.3. The van der Waals surface area contributed by atoms with Gasteiger partial charge in [0, 0.05) is 4.47 Å². The van der Waals surface area contributed by atoms with Gasteiger partial charge >= 0.3 is 6.09 Å². The number of hydrogen-bond acceptors (Lipinski definition) is 4. The standard InChI is InChI=1S/C17H16BrN3O3/c18-12-6-7-13-14(8-12)20-16(19-13)15(9-22)21-17(23)24-10-11-4-2-1-3-5-11/h1-8,15,22H,9-10H2,(H,19,20)(H,21,23). The zero-order valence-electron chi connectivity index (χ0n) is 12.7. The fourth-order valence-electron chi connectivity index (χ4n) is 2.27. The van der Waals surface area contributed by atoms with E-state index in [1.165, 1.54) is 0 Å². The molecule has 1 heterocycles. The Hall–Kier alpha value is -2.38. The van der Waals surface area contributed by atoms with Crippen molar-refractivity contribution in [1.29, 1.82) is 0 Å². The molecule has 0 aliphatic rings. The molecule has 0 spiro atoms. The summed E-state index contributed by atoms with van der Waals surface area (Å²) in [5, 5.41) is 12.2. The number of nitrogens with one attached hydrogen (secondary N) is 2. The second-order valence-electron chi connectivity index (χ2n) is 5.22. The molecule has 24 heavy (non-hydrogen) atoms. The van der Waals surface area contributed by atoms with Gasteiger partial charge in [0.2, 0.25) is 0 Å². The number of imidazole rings is 1. The van der Waals surface area contributed by atoms with Crippen LogP contribution in [0.3, 0.4) is 0 Å². The molecule has 1 atom stereocenters. The van der Waals surface area contributed by atoms with Gasteiger partial charge in [-0.25, -0.2) is 9.78 Å². The van der Waals surface area contributed by atoms with Gasteiger partial charge in [-0.2, -0.15) is 0 Å². The molecule has 0 saturated carbocycles. The molecule has 1 aromatic heterocycles. The molecule has 0 aliphatic carbocycles. The van der Waals surface area contributed by atoms with Crippen LogP contribution >= 0.6 is 15.9 Å². The average molecular weight is 390 g/mol. The monoisotopic (exact) mass is 389 g/mol. The van der Waals surface area contributed by atoms with Crippen molar-refractivity contribution in [1.82, 2.24) is 15.3 Å². The van der Waals surface area contributed by atoms with Crippen molar-refractivity contribution < 1.29 is 14.6 Å². The Bertz CT molecular complexity index is 835. The van der Waals surface area contributed by atoms with Gasteiger partial charge in [0.1, 0.15) is 18.5 Å². The molecule has 3 aromatic rings. The van der Waals surface area contributed by atoms with Crippen molar-refractivity contribution in [2.24, 2.45) is 0 Å². The lowest BCUT2D eigenvalue weighted by molar-refractivity contribution is 0.128. The number of aliphatic hydroxyl groups is 1. The third-order valence-corrected chi connectivity index (χ3v) is 3.97. The first-order valence-electron chi connectivity index (χ1n) is 7.39. The number of hydrogen-bond donors (Lipinski definition) is 3. The number of aromatic nitrogens is 2. The molecule has 6 nitrogen and oxygen atoms in total. The Morgan fingerprint density at radius 2 is 2.08 bits per heavy atom. The lowest BCUT2D eigenvalue weighted by Gasteiger charge is -2.14. The minimum Gasteiger partial charge on any atom is -0.445 e. The van der Waals surface area contributed by atoms with Crippen LogP contribution in [-0.4, -0.2) is 27.8 Å². The minimum atomic E-state index is -0.667. The highest BCUT2D eigenvalue weighted by atomic mass is 79.9. The fraction of sp³-hybridized carbons (Fsp3) is 0.176. The first-order valence-corrected chi connectivity index (χ1v) is 8.18. The highest BCUT2D eigenvalue weighted by Gasteiger charge is 2.18. The predicted molar refractivity (Wildman–Crippen MR) is 93.4 cm³/mol. The number of nitrogens with zero attached hydrogens (tertiary/aromatic N) is 1. The van der Waals surface area contributed by atoms with Crippen molar-refractivity contribution in [3.63, 3.8) is 0 Å². The third kappa shape index (κ3) is 3.93. The van der Waals surface area contributed by atoms with E-state index in [4.69, 9.17) is 4.74 Å². The molecule has 0 bridgehead atoms. The number of carbonyl (C=O) groups excluding carboxylic acids is 1. The maximum Gasteiger partial charge on any atom is 0.408 e. The van der Waals surface area contributed by atoms with Crippen LogP contribution in [-0.2, 0) is 11.3 Å². The number of H-pyrrole nitrogens is 1. The molecule has 0 saturated heterocycles. The van der Waals surface area contributed by atoms with E-state index in [1.54, 1.807) is 0 Å². The van der Waals surface area contributed by atoms with E-state index < -0.39 is 12.1 Å². The van der Waals surface area contributed by atoms with Crippen molar-refractivity contribution in [2.75, 3.05) is 6.61 Å². The molecule has 0 radical (unpaired) electrons. The molecule has 3 N–H and O–H groups in total. The number of rotatable bonds is 5. The highest BCUT2D eigenvalue weighted by Crippen LogP contribution is 2.20. The number of benzene rings is 2. The summed E-state index contributed by atoms with van der Waals surface area (Å²) in [6.45, 7) is -0.126. The first-order chi connectivity index (χ1) is 11.7. The SMILES string of the molecule is O=C(NC(CO)c1nc2ccc(Br)cc2[nH]1)OCc1ccccc1. The van der Waals surface area contributed by atoms with Crippen molar-refractivity contribution in [2.45, 2.75) is 12.6 Å². The van der Waals surface area contributed by atoms with Gasteiger partial charge in [0.15, 0.2) is 0 Å². The maximum absolute atomic E-state index is 11.9. The van der Waals surface area contributed by atoms with Crippen molar-refractivity contribution >= 4 is 33.1 Å². The number of ether oxygens (including phenoxy) is 1. The molecule has 2 aromatic carbocycles. The lowest BCUT2D eigenvalue weighted by atomic mass is 10.2. The van der Waals surface area contributed by atoms with Gasteiger partial charge in [-0.1, -0.05) is 46.3 Å². The van der Waals surface area contributed by atoms with Gasteiger partial charge in [-0.3, -0.25) is 0 Å². The maximum atomic E-state index is 11.9. The van der Waals surface area contributed by atoms with Gasteiger partial charge in [-0.15, -0.1) is 0 Å². The molecular weight excluding hydrogens is 374 g/mol. The van der Waals surface area contributed by atoms with E-state index in [9.17, 15) is 9.90 Å². The molecule has 1 unspecified atom stereocenters. The summed E-state index contributed by atoms with van der Waals surface area (Å²) in [7, 11) is 0. The van der Waals surface area contributed by atoms with E-state index in [-0.39, 0.29) is 13.2 Å². The van der Waals surface area contributed by atoms with E-state index in [2.05, 4.69) is 31.2 Å². The van der Waals surface area contributed by atoms with Crippen molar-refractivity contribution in [3.8, 4) is 0 Å². The summed E-state index contributed by atoms with van der Waals surface area (Å²) in [4.78, 5) is 19.4. The van der Waals surface area contributed by atoms with E-state index in [0.29, 0.717) is 5.82 Å². The second kappa shape index (κ2) is 7.46. The predicted octanol–water partition coefficient (Wildman–Crippen LogP) is 3.29. The number of fused-ring (bicyclic) bond motifs is 1. The number of halogens is 1. The Morgan fingerprint density at radius 1 is 1.29 bits per heavy atom. The second-order valence-corrected chi connectivity index (χ2v) is 6.14. The summed E-state index contributed by atoms with van der Waals surface area (Å²) in [6.07, 6.45) is -0.612. The number of aliphatic hydroxyl groups excluding tert-OH is 1. The van der Waals surface area contributed by atoms with Crippen LogP contribution in [0.5, 0.6) is 0 Å². The van der Waals surface area contributed by atoms with Gasteiger partial charge in [-0.05, 0) is 23.8 Å². The topological polar surface area (TPSA) is 87.2 Å². The van der Waals surface area contributed by atoms with Crippen LogP contribution in [0.15, 0.2) is 53.0 Å². The van der Waals surface area contributed by atoms with Crippen LogP contribution in [0.2, 0.25) is 0 Å². The molecule has 7 heteroatoms.